The van der Waals surface area contributed by atoms with Crippen molar-refractivity contribution in [3.05, 3.63) is 17.0 Å². The summed E-state index contributed by atoms with van der Waals surface area (Å²) in [5.41, 5.74) is 0.114. The summed E-state index contributed by atoms with van der Waals surface area (Å²) >= 11 is 0. The van der Waals surface area contributed by atoms with Crippen LogP contribution < -0.4 is 0 Å². The lowest BCUT2D eigenvalue weighted by Gasteiger charge is -2.27. The minimum Gasteiger partial charge on any atom is -0.476 e. The maximum absolute atomic E-state index is 12.0. The summed E-state index contributed by atoms with van der Waals surface area (Å²) in [6.45, 7) is 0.225. The minimum absolute atomic E-state index is 0.0268. The molecule has 100 valence electrons. The number of carbonyl (C=O) groups is 1. The van der Waals surface area contributed by atoms with Crippen LogP contribution in [-0.4, -0.2) is 53.9 Å². The highest BCUT2D eigenvalue weighted by Crippen LogP contribution is 2.24. The topological polar surface area (TPSA) is 104 Å². The van der Waals surface area contributed by atoms with Crippen molar-refractivity contribution in [3.8, 4) is 0 Å². The van der Waals surface area contributed by atoms with E-state index in [-0.39, 0.29) is 18.8 Å². The van der Waals surface area contributed by atoms with E-state index in [0.29, 0.717) is 17.7 Å². The number of fused-ring (bicyclic) bond motifs is 1. The van der Waals surface area contributed by atoms with Gasteiger partial charge in [0, 0.05) is 39.2 Å². The van der Waals surface area contributed by atoms with Crippen molar-refractivity contribution in [1.82, 2.24) is 13.8 Å². The van der Waals surface area contributed by atoms with E-state index in [9.17, 15) is 13.2 Å². The lowest BCUT2D eigenvalue weighted by atomic mass is 10.1. The van der Waals surface area contributed by atoms with Crippen LogP contribution >= 0.6 is 0 Å². The van der Waals surface area contributed by atoms with Crippen molar-refractivity contribution in [1.29, 1.82) is 0 Å². The van der Waals surface area contributed by atoms with Crippen LogP contribution in [-0.2, 0) is 23.2 Å². The molecule has 0 atom stereocenters. The predicted octanol–water partition coefficient (Wildman–Crippen LogP) is -0.463. The fourth-order valence-corrected chi connectivity index (χ4v) is 2.86. The van der Waals surface area contributed by atoms with Gasteiger partial charge in [0.1, 0.15) is 5.76 Å². The number of carboxylic acid groups (broad SMARTS) is 1. The SMILES string of the molecule is CN(C)S(=O)(=O)N1CCc2onc(C(=O)O)c2C1. The van der Waals surface area contributed by atoms with Gasteiger partial charge in [0.25, 0.3) is 10.2 Å². The predicted molar refractivity (Wildman–Crippen MR) is 60.2 cm³/mol. The minimum atomic E-state index is -3.56. The number of hydrogen-bond acceptors (Lipinski definition) is 5. The summed E-state index contributed by atoms with van der Waals surface area (Å²) < 4.78 is 31.1. The molecule has 0 aliphatic carbocycles. The zero-order chi connectivity index (χ0) is 13.5. The van der Waals surface area contributed by atoms with Crippen molar-refractivity contribution in [3.63, 3.8) is 0 Å². The summed E-state index contributed by atoms with van der Waals surface area (Å²) in [5.74, 6) is -0.776. The Hall–Kier alpha value is -1.45. The summed E-state index contributed by atoms with van der Waals surface area (Å²) in [6.07, 6.45) is 0.322. The van der Waals surface area contributed by atoms with Gasteiger partial charge in [-0.1, -0.05) is 5.16 Å². The van der Waals surface area contributed by atoms with Crippen molar-refractivity contribution in [2.24, 2.45) is 0 Å². The van der Waals surface area contributed by atoms with Gasteiger partial charge in [-0.25, -0.2) is 4.79 Å². The van der Waals surface area contributed by atoms with E-state index in [0.717, 1.165) is 4.31 Å². The molecule has 18 heavy (non-hydrogen) atoms. The Morgan fingerprint density at radius 2 is 2.17 bits per heavy atom. The average molecular weight is 275 g/mol. The fourth-order valence-electron chi connectivity index (χ4n) is 1.78. The molecule has 0 unspecified atom stereocenters. The van der Waals surface area contributed by atoms with Gasteiger partial charge in [-0.2, -0.15) is 17.0 Å². The van der Waals surface area contributed by atoms with Crippen LogP contribution in [0.2, 0.25) is 0 Å². The van der Waals surface area contributed by atoms with Crippen molar-refractivity contribution in [2.45, 2.75) is 13.0 Å². The van der Waals surface area contributed by atoms with Crippen molar-refractivity contribution >= 4 is 16.2 Å². The number of carboxylic acids is 1. The molecule has 1 aromatic heterocycles. The molecule has 1 aliphatic rings. The molecule has 0 spiro atoms. The lowest BCUT2D eigenvalue weighted by Crippen LogP contribution is -2.42. The molecule has 1 N–H and O–H groups in total. The number of hydrogen-bond donors (Lipinski definition) is 1. The molecule has 1 aliphatic heterocycles. The van der Waals surface area contributed by atoms with Gasteiger partial charge in [0.2, 0.25) is 0 Å². The maximum atomic E-state index is 12.0. The third-order valence-electron chi connectivity index (χ3n) is 2.78. The fraction of sp³-hybridized carbons (Fsp3) is 0.556. The molecule has 8 nitrogen and oxygen atoms in total. The van der Waals surface area contributed by atoms with Gasteiger partial charge in [0.15, 0.2) is 5.69 Å². The second-order valence-corrected chi connectivity index (χ2v) is 6.25. The van der Waals surface area contributed by atoms with Gasteiger partial charge >= 0.3 is 5.97 Å². The first-order valence-corrected chi connectivity index (χ1v) is 6.62. The van der Waals surface area contributed by atoms with E-state index in [4.69, 9.17) is 9.63 Å². The van der Waals surface area contributed by atoms with E-state index in [2.05, 4.69) is 5.16 Å². The van der Waals surface area contributed by atoms with Gasteiger partial charge in [0.05, 0.1) is 0 Å². The first-order valence-electron chi connectivity index (χ1n) is 5.22. The second kappa shape index (κ2) is 4.34. The van der Waals surface area contributed by atoms with E-state index in [1.807, 2.05) is 0 Å². The Labute approximate surface area is 104 Å². The Bertz CT molecular complexity index is 577. The Balaban J connectivity index is 2.35. The highest BCUT2D eigenvalue weighted by molar-refractivity contribution is 7.86. The molecule has 0 saturated heterocycles. The second-order valence-electron chi connectivity index (χ2n) is 4.11. The maximum Gasteiger partial charge on any atom is 0.358 e. The highest BCUT2D eigenvalue weighted by Gasteiger charge is 2.33. The number of nitrogens with zero attached hydrogens (tertiary/aromatic N) is 3. The van der Waals surface area contributed by atoms with Crippen molar-refractivity contribution < 1.29 is 22.8 Å². The van der Waals surface area contributed by atoms with Crippen LogP contribution in [0.4, 0.5) is 0 Å². The zero-order valence-corrected chi connectivity index (χ0v) is 10.8. The Morgan fingerprint density at radius 1 is 1.50 bits per heavy atom. The summed E-state index contributed by atoms with van der Waals surface area (Å²) in [7, 11) is -0.704. The van der Waals surface area contributed by atoms with Gasteiger partial charge in [-0.15, -0.1) is 0 Å². The molecular weight excluding hydrogens is 262 g/mol. The monoisotopic (exact) mass is 275 g/mol. The average Bonchev–Trinajstić information content (AvgIpc) is 2.71. The molecule has 2 heterocycles. The third-order valence-corrected chi connectivity index (χ3v) is 4.67. The van der Waals surface area contributed by atoms with Crippen LogP contribution in [0.3, 0.4) is 0 Å². The van der Waals surface area contributed by atoms with Gasteiger partial charge < -0.3 is 9.63 Å². The molecule has 0 aromatic carbocycles. The summed E-state index contributed by atoms with van der Waals surface area (Å²) in [4.78, 5) is 10.9. The largest absolute Gasteiger partial charge is 0.476 e. The molecule has 0 bridgehead atoms. The first-order chi connectivity index (χ1) is 8.34. The molecule has 9 heteroatoms. The van der Waals surface area contributed by atoms with Crippen LogP contribution in [0.5, 0.6) is 0 Å². The Kier molecular flexibility index (Phi) is 3.13. The molecule has 0 amide bonds. The normalized spacial score (nSPS) is 16.8. The summed E-state index contributed by atoms with van der Waals surface area (Å²) in [5, 5.41) is 12.4. The summed E-state index contributed by atoms with van der Waals surface area (Å²) in [6, 6.07) is 0. The van der Waals surface area contributed by atoms with Crippen molar-refractivity contribution in [2.75, 3.05) is 20.6 Å². The molecule has 1 aromatic rings. The molecular formula is C9H13N3O5S. The van der Waals surface area contributed by atoms with Gasteiger partial charge in [-0.05, 0) is 0 Å². The third kappa shape index (κ3) is 2.00. The lowest BCUT2D eigenvalue weighted by molar-refractivity contribution is 0.0684. The van der Waals surface area contributed by atoms with E-state index < -0.39 is 16.2 Å². The molecule has 2 rings (SSSR count). The van der Waals surface area contributed by atoms with Crippen LogP contribution in [0, 0.1) is 0 Å². The quantitative estimate of drug-likeness (QED) is 0.800. The number of rotatable bonds is 3. The first kappa shape index (κ1) is 13.0. The molecule has 0 saturated carbocycles. The van der Waals surface area contributed by atoms with E-state index in [1.54, 1.807) is 0 Å². The smallest absolute Gasteiger partial charge is 0.358 e. The number of aromatic nitrogens is 1. The highest BCUT2D eigenvalue weighted by atomic mass is 32.2. The zero-order valence-electron chi connectivity index (χ0n) is 9.95. The van der Waals surface area contributed by atoms with Crippen LogP contribution in [0.15, 0.2) is 4.52 Å². The van der Waals surface area contributed by atoms with Crippen LogP contribution in [0.25, 0.3) is 0 Å². The molecule has 0 radical (unpaired) electrons. The Morgan fingerprint density at radius 3 is 2.72 bits per heavy atom. The van der Waals surface area contributed by atoms with E-state index in [1.165, 1.54) is 18.4 Å². The van der Waals surface area contributed by atoms with Crippen LogP contribution in [0.1, 0.15) is 21.8 Å². The number of aromatic carboxylic acids is 1. The molecule has 0 fully saturated rings. The van der Waals surface area contributed by atoms with E-state index >= 15 is 0 Å². The standard InChI is InChI=1S/C9H13N3O5S/c1-11(2)18(15,16)12-4-3-7-6(5-12)8(9(13)14)10-17-7/h3-5H2,1-2H3,(H,13,14). The van der Waals surface area contributed by atoms with Gasteiger partial charge in [-0.3, -0.25) is 0 Å².